The minimum Gasteiger partial charge on any atom is -0.469 e. The quantitative estimate of drug-likeness (QED) is 0.735. The van der Waals surface area contributed by atoms with Crippen LogP contribution < -0.4 is 0 Å². The molecule has 0 amide bonds. The molecule has 6 nitrogen and oxygen atoms in total. The van der Waals surface area contributed by atoms with Gasteiger partial charge in [-0.25, -0.2) is 8.42 Å². The zero-order valence-electron chi connectivity index (χ0n) is 15.0. The lowest BCUT2D eigenvalue weighted by molar-refractivity contribution is 0.142. The molecule has 8 heteroatoms. The molecule has 3 rings (SSSR count). The van der Waals surface area contributed by atoms with Gasteiger partial charge in [0.2, 0.25) is 10.0 Å². The molecule has 2 saturated heterocycles. The van der Waals surface area contributed by atoms with E-state index in [-0.39, 0.29) is 0 Å². The summed E-state index contributed by atoms with van der Waals surface area (Å²) >= 11 is 5.17. The molecule has 0 bridgehead atoms. The van der Waals surface area contributed by atoms with Gasteiger partial charge in [0.05, 0.1) is 18.1 Å². The molecule has 0 atom stereocenters. The molecule has 0 radical (unpaired) electrons. The summed E-state index contributed by atoms with van der Waals surface area (Å²) in [4.78, 5) is 4.70. The molecule has 1 aromatic carbocycles. The predicted octanol–water partition coefficient (Wildman–Crippen LogP) is 1.49. The second-order valence-corrected chi connectivity index (χ2v) is 8.99. The van der Waals surface area contributed by atoms with Gasteiger partial charge in [-0.1, -0.05) is 17.7 Å². The van der Waals surface area contributed by atoms with Crippen molar-refractivity contribution < 1.29 is 13.2 Å². The lowest BCUT2D eigenvalue weighted by Crippen LogP contribution is -2.51. The third-order valence-electron chi connectivity index (χ3n) is 4.75. The lowest BCUT2D eigenvalue weighted by atomic mass is 10.1. The van der Waals surface area contributed by atoms with Gasteiger partial charge in [0.25, 0.3) is 5.17 Å². The van der Waals surface area contributed by atoms with Crippen LogP contribution in [0.25, 0.3) is 0 Å². The minimum atomic E-state index is -3.46. The van der Waals surface area contributed by atoms with Gasteiger partial charge in [-0.15, -0.1) is 0 Å². The number of thiocarbonyl (C=S) groups is 1. The van der Waals surface area contributed by atoms with Crippen molar-refractivity contribution in [2.24, 2.45) is 0 Å². The van der Waals surface area contributed by atoms with E-state index in [1.165, 1.54) is 0 Å². The van der Waals surface area contributed by atoms with Crippen LogP contribution in [-0.4, -0.2) is 73.7 Å². The van der Waals surface area contributed by atoms with E-state index in [1.54, 1.807) is 4.31 Å². The van der Waals surface area contributed by atoms with Gasteiger partial charge in [-0.2, -0.15) is 4.31 Å². The van der Waals surface area contributed by atoms with Crippen LogP contribution in [0.5, 0.6) is 0 Å². The third kappa shape index (κ3) is 3.81. The maximum absolute atomic E-state index is 13.1. The SMILES string of the molecule is Cc1cc(C)c(S(=O)(=O)N2CCN(CN3CCOC3=S)CC2)c(C)c1. The summed E-state index contributed by atoms with van der Waals surface area (Å²) in [6, 6.07) is 3.87. The first-order chi connectivity index (χ1) is 11.8. The molecule has 1 aromatic rings. The van der Waals surface area contributed by atoms with Crippen LogP contribution in [-0.2, 0) is 14.8 Å². The maximum Gasteiger partial charge on any atom is 0.260 e. The van der Waals surface area contributed by atoms with Crippen LogP contribution in [0, 0.1) is 20.8 Å². The van der Waals surface area contributed by atoms with E-state index < -0.39 is 10.0 Å². The molecular formula is C17H25N3O3S2. The monoisotopic (exact) mass is 383 g/mol. The first kappa shape index (κ1) is 18.6. The van der Waals surface area contributed by atoms with Crippen molar-refractivity contribution in [1.82, 2.24) is 14.1 Å². The maximum atomic E-state index is 13.1. The van der Waals surface area contributed by atoms with Crippen LogP contribution in [0.15, 0.2) is 17.0 Å². The first-order valence-electron chi connectivity index (χ1n) is 8.51. The zero-order chi connectivity index (χ0) is 18.2. The van der Waals surface area contributed by atoms with E-state index in [2.05, 4.69) is 4.90 Å². The summed E-state index contributed by atoms with van der Waals surface area (Å²) in [5, 5.41) is 0.543. The Labute approximate surface area is 155 Å². The van der Waals surface area contributed by atoms with E-state index in [4.69, 9.17) is 17.0 Å². The van der Waals surface area contributed by atoms with Crippen molar-refractivity contribution in [2.45, 2.75) is 25.7 Å². The average Bonchev–Trinajstić information content (AvgIpc) is 2.91. The Morgan fingerprint density at radius 2 is 1.64 bits per heavy atom. The van der Waals surface area contributed by atoms with Crippen molar-refractivity contribution in [2.75, 3.05) is 46.0 Å². The number of hydrogen-bond acceptors (Lipinski definition) is 5. The third-order valence-corrected chi connectivity index (χ3v) is 7.33. The van der Waals surface area contributed by atoms with Crippen LogP contribution >= 0.6 is 12.2 Å². The number of ether oxygens (including phenoxy) is 1. The minimum absolute atomic E-state index is 0.459. The van der Waals surface area contributed by atoms with Gasteiger partial charge in [-0.05, 0) is 44.1 Å². The highest BCUT2D eigenvalue weighted by atomic mass is 32.2. The molecule has 0 unspecified atom stereocenters. The van der Waals surface area contributed by atoms with Gasteiger partial charge >= 0.3 is 0 Å². The van der Waals surface area contributed by atoms with E-state index in [1.807, 2.05) is 37.8 Å². The largest absolute Gasteiger partial charge is 0.469 e. The molecule has 2 aliphatic rings. The van der Waals surface area contributed by atoms with Crippen molar-refractivity contribution in [3.05, 3.63) is 28.8 Å². The van der Waals surface area contributed by atoms with Crippen molar-refractivity contribution in [3.8, 4) is 0 Å². The summed E-state index contributed by atoms with van der Waals surface area (Å²) in [5.74, 6) is 0. The highest BCUT2D eigenvalue weighted by Crippen LogP contribution is 2.26. The van der Waals surface area contributed by atoms with Crippen molar-refractivity contribution in [3.63, 3.8) is 0 Å². The molecule has 0 aliphatic carbocycles. The smallest absolute Gasteiger partial charge is 0.260 e. The van der Waals surface area contributed by atoms with Gasteiger partial charge in [-0.3, -0.25) is 4.90 Å². The zero-order valence-corrected chi connectivity index (χ0v) is 16.6. The van der Waals surface area contributed by atoms with E-state index in [0.29, 0.717) is 49.5 Å². The van der Waals surface area contributed by atoms with Crippen LogP contribution in [0.3, 0.4) is 0 Å². The second kappa shape index (κ2) is 7.19. The molecule has 0 saturated carbocycles. The molecule has 2 heterocycles. The summed E-state index contributed by atoms with van der Waals surface area (Å²) in [5.41, 5.74) is 2.72. The highest BCUT2D eigenvalue weighted by molar-refractivity contribution is 7.89. The number of benzene rings is 1. The summed E-state index contributed by atoms with van der Waals surface area (Å²) in [6.45, 7) is 10.3. The second-order valence-electron chi connectivity index (χ2n) is 6.77. The highest BCUT2D eigenvalue weighted by Gasteiger charge is 2.32. The van der Waals surface area contributed by atoms with Gasteiger partial charge in [0, 0.05) is 26.2 Å². The molecule has 0 N–H and O–H groups in total. The summed E-state index contributed by atoms with van der Waals surface area (Å²) < 4.78 is 33.1. The average molecular weight is 384 g/mol. The molecule has 2 aliphatic heterocycles. The number of nitrogens with zero attached hydrogens (tertiary/aromatic N) is 3. The van der Waals surface area contributed by atoms with Gasteiger partial charge in [0.1, 0.15) is 6.61 Å². The fourth-order valence-corrected chi connectivity index (χ4v) is 5.68. The summed E-state index contributed by atoms with van der Waals surface area (Å²) in [7, 11) is -3.46. The number of piperazine rings is 1. The van der Waals surface area contributed by atoms with Crippen LogP contribution in [0.2, 0.25) is 0 Å². The number of aryl methyl sites for hydroxylation is 3. The Kier molecular flexibility index (Phi) is 5.34. The number of sulfonamides is 1. The fraction of sp³-hybridized carbons (Fsp3) is 0.588. The van der Waals surface area contributed by atoms with E-state index in [0.717, 1.165) is 23.2 Å². The molecule has 2 fully saturated rings. The molecule has 0 aromatic heterocycles. The number of hydrogen-bond donors (Lipinski definition) is 0. The van der Waals surface area contributed by atoms with Gasteiger partial charge < -0.3 is 9.64 Å². The Hall–Kier alpha value is -1.22. The lowest BCUT2D eigenvalue weighted by Gasteiger charge is -2.36. The normalized spacial score (nSPS) is 20.1. The van der Waals surface area contributed by atoms with E-state index in [9.17, 15) is 8.42 Å². The Balaban J connectivity index is 1.69. The molecular weight excluding hydrogens is 358 g/mol. The van der Waals surface area contributed by atoms with E-state index >= 15 is 0 Å². The number of rotatable bonds is 4. The topological polar surface area (TPSA) is 53.1 Å². The Morgan fingerprint density at radius 3 is 2.16 bits per heavy atom. The van der Waals surface area contributed by atoms with Crippen LogP contribution in [0.4, 0.5) is 0 Å². The first-order valence-corrected chi connectivity index (χ1v) is 10.4. The van der Waals surface area contributed by atoms with Crippen molar-refractivity contribution in [1.29, 1.82) is 0 Å². The molecule has 0 spiro atoms. The molecule has 25 heavy (non-hydrogen) atoms. The standard InChI is InChI=1S/C17H25N3O3S2/c1-13-10-14(2)16(15(3)11-13)25(21,22)20-6-4-18(5-7-20)12-19-8-9-23-17(19)24/h10-11H,4-9,12H2,1-3H3. The Morgan fingerprint density at radius 1 is 1.04 bits per heavy atom. The molecule has 138 valence electrons. The van der Waals surface area contributed by atoms with Crippen molar-refractivity contribution >= 4 is 27.4 Å². The van der Waals surface area contributed by atoms with Gasteiger partial charge in [0.15, 0.2) is 0 Å². The Bertz CT molecular complexity index is 748. The predicted molar refractivity (Wildman–Crippen MR) is 101 cm³/mol. The summed E-state index contributed by atoms with van der Waals surface area (Å²) in [6.07, 6.45) is 0. The van der Waals surface area contributed by atoms with Crippen LogP contribution in [0.1, 0.15) is 16.7 Å². The fourth-order valence-electron chi connectivity index (χ4n) is 3.61.